The molecule has 0 radical (unpaired) electrons. The normalized spacial score (nSPS) is 16.5. The van der Waals surface area contributed by atoms with E-state index in [1.807, 2.05) is 13.0 Å². The third-order valence-electron chi connectivity index (χ3n) is 4.00. The van der Waals surface area contributed by atoms with Crippen LogP contribution in [0.4, 0.5) is 17.2 Å². The minimum Gasteiger partial charge on any atom is -0.495 e. The van der Waals surface area contributed by atoms with Crippen molar-refractivity contribution < 1.29 is 14.3 Å². The highest BCUT2D eigenvalue weighted by atomic mass is 35.5. The van der Waals surface area contributed by atoms with Gasteiger partial charge in [-0.1, -0.05) is 11.6 Å². The Hall–Kier alpha value is -2.31. The van der Waals surface area contributed by atoms with E-state index in [9.17, 15) is 4.79 Å². The topological polar surface area (TPSA) is 72.5 Å². The zero-order valence-corrected chi connectivity index (χ0v) is 14.9. The number of hydrogen-bond donors (Lipinski definition) is 2. The van der Waals surface area contributed by atoms with Gasteiger partial charge in [-0.15, -0.1) is 0 Å². The number of halogens is 1. The van der Waals surface area contributed by atoms with Crippen molar-refractivity contribution in [2.75, 3.05) is 24.4 Å². The Labute approximate surface area is 151 Å². The maximum absolute atomic E-state index is 12.0. The summed E-state index contributed by atoms with van der Waals surface area (Å²) in [6.07, 6.45) is 2.92. The van der Waals surface area contributed by atoms with Gasteiger partial charge in [0, 0.05) is 17.7 Å². The first-order valence-corrected chi connectivity index (χ1v) is 8.44. The standard InChI is InChI=1S/C18H20ClN3O3/c1-11-8-14(16(24-2)9-13(11)19)22-17-6-5-12(10-20-17)21-18(23)15-4-3-7-25-15/h5-6,8-10,15H,3-4,7H2,1-2H3,(H,20,22)(H,21,23). The fourth-order valence-electron chi connectivity index (χ4n) is 2.62. The molecule has 1 fully saturated rings. The first-order chi connectivity index (χ1) is 12.1. The molecule has 1 atom stereocenters. The number of ether oxygens (including phenoxy) is 2. The molecule has 1 aromatic carbocycles. The number of aromatic nitrogens is 1. The van der Waals surface area contributed by atoms with Crippen molar-refractivity contribution in [1.82, 2.24) is 4.98 Å². The predicted molar refractivity (Wildman–Crippen MR) is 97.9 cm³/mol. The smallest absolute Gasteiger partial charge is 0.253 e. The van der Waals surface area contributed by atoms with E-state index in [2.05, 4.69) is 15.6 Å². The van der Waals surface area contributed by atoms with Crippen LogP contribution in [0.5, 0.6) is 5.75 Å². The van der Waals surface area contributed by atoms with Gasteiger partial charge in [-0.2, -0.15) is 0 Å². The Morgan fingerprint density at radius 3 is 2.88 bits per heavy atom. The molecule has 0 aliphatic carbocycles. The van der Waals surface area contributed by atoms with E-state index in [0.29, 0.717) is 28.9 Å². The van der Waals surface area contributed by atoms with E-state index < -0.39 is 0 Å². The average Bonchev–Trinajstić information content (AvgIpc) is 3.14. The van der Waals surface area contributed by atoms with E-state index in [-0.39, 0.29) is 12.0 Å². The van der Waals surface area contributed by atoms with E-state index in [0.717, 1.165) is 24.1 Å². The number of aryl methyl sites for hydroxylation is 1. The van der Waals surface area contributed by atoms with Gasteiger partial charge in [-0.25, -0.2) is 4.98 Å². The summed E-state index contributed by atoms with van der Waals surface area (Å²) < 4.78 is 10.7. The zero-order chi connectivity index (χ0) is 17.8. The Balaban J connectivity index is 1.68. The fourth-order valence-corrected chi connectivity index (χ4v) is 2.77. The molecule has 1 aliphatic rings. The minimum absolute atomic E-state index is 0.130. The first kappa shape index (κ1) is 17.5. The lowest BCUT2D eigenvalue weighted by Gasteiger charge is -2.13. The molecule has 0 saturated carbocycles. The Morgan fingerprint density at radius 1 is 1.40 bits per heavy atom. The number of methoxy groups -OCH3 is 1. The number of nitrogens with one attached hydrogen (secondary N) is 2. The molecule has 1 unspecified atom stereocenters. The van der Waals surface area contributed by atoms with Crippen molar-refractivity contribution in [3.63, 3.8) is 0 Å². The summed E-state index contributed by atoms with van der Waals surface area (Å²) in [6, 6.07) is 7.23. The van der Waals surface area contributed by atoms with Crippen LogP contribution in [0.15, 0.2) is 30.5 Å². The van der Waals surface area contributed by atoms with E-state index in [1.165, 1.54) is 0 Å². The quantitative estimate of drug-likeness (QED) is 0.844. The number of pyridine rings is 1. The molecular weight excluding hydrogens is 342 g/mol. The summed E-state index contributed by atoms with van der Waals surface area (Å²) >= 11 is 6.12. The SMILES string of the molecule is COc1cc(Cl)c(C)cc1Nc1ccc(NC(=O)C2CCCO2)cn1. The molecular formula is C18H20ClN3O3. The molecule has 1 aromatic heterocycles. The highest BCUT2D eigenvalue weighted by Gasteiger charge is 2.23. The molecule has 7 heteroatoms. The van der Waals surface area contributed by atoms with Crippen molar-refractivity contribution in [3.8, 4) is 5.75 Å². The van der Waals surface area contributed by atoms with Gasteiger partial charge in [0.05, 0.1) is 24.7 Å². The third kappa shape index (κ3) is 4.21. The molecule has 0 bridgehead atoms. The molecule has 2 N–H and O–H groups in total. The van der Waals surface area contributed by atoms with E-state index >= 15 is 0 Å². The van der Waals surface area contributed by atoms with Gasteiger partial charge in [0.15, 0.2) is 0 Å². The van der Waals surface area contributed by atoms with Crippen LogP contribution < -0.4 is 15.4 Å². The van der Waals surface area contributed by atoms with Crippen LogP contribution in [0.25, 0.3) is 0 Å². The average molecular weight is 362 g/mol. The van der Waals surface area contributed by atoms with Gasteiger partial charge >= 0.3 is 0 Å². The number of rotatable bonds is 5. The van der Waals surface area contributed by atoms with E-state index in [1.54, 1.807) is 31.5 Å². The summed E-state index contributed by atoms with van der Waals surface area (Å²) in [4.78, 5) is 16.4. The lowest BCUT2D eigenvalue weighted by atomic mass is 10.2. The van der Waals surface area contributed by atoms with Crippen LogP contribution >= 0.6 is 11.6 Å². The molecule has 0 spiro atoms. The molecule has 132 valence electrons. The Morgan fingerprint density at radius 2 is 2.24 bits per heavy atom. The van der Waals surface area contributed by atoms with Gasteiger partial charge in [0.2, 0.25) is 0 Å². The zero-order valence-electron chi connectivity index (χ0n) is 14.1. The number of nitrogens with zero attached hydrogens (tertiary/aromatic N) is 1. The summed E-state index contributed by atoms with van der Waals surface area (Å²) in [7, 11) is 1.59. The van der Waals surface area contributed by atoms with Gasteiger partial charge in [-0.3, -0.25) is 4.79 Å². The highest BCUT2D eigenvalue weighted by Crippen LogP contribution is 2.32. The Bertz CT molecular complexity index is 759. The van der Waals surface area contributed by atoms with Crippen LogP contribution in [0.3, 0.4) is 0 Å². The Kier molecular flexibility index (Phi) is 5.40. The van der Waals surface area contributed by atoms with Crippen LogP contribution in [-0.4, -0.2) is 30.7 Å². The summed E-state index contributed by atoms with van der Waals surface area (Å²) in [6.45, 7) is 2.56. The maximum atomic E-state index is 12.0. The fraction of sp³-hybridized carbons (Fsp3) is 0.333. The second kappa shape index (κ2) is 7.72. The molecule has 1 aliphatic heterocycles. The number of anilines is 3. The lowest BCUT2D eigenvalue weighted by molar-refractivity contribution is -0.124. The molecule has 1 amide bonds. The lowest BCUT2D eigenvalue weighted by Crippen LogP contribution is -2.26. The number of benzene rings is 1. The van der Waals surface area contributed by atoms with Gasteiger partial charge in [0.25, 0.3) is 5.91 Å². The van der Waals surface area contributed by atoms with Gasteiger partial charge in [0.1, 0.15) is 17.7 Å². The molecule has 2 heterocycles. The van der Waals surface area contributed by atoms with Crippen LogP contribution in [0.1, 0.15) is 18.4 Å². The predicted octanol–water partition coefficient (Wildman–Crippen LogP) is 3.91. The van der Waals surface area contributed by atoms with Crippen molar-refractivity contribution >= 4 is 34.7 Å². The number of amides is 1. The molecule has 3 rings (SSSR count). The van der Waals surface area contributed by atoms with Crippen molar-refractivity contribution in [2.24, 2.45) is 0 Å². The maximum Gasteiger partial charge on any atom is 0.253 e. The number of carbonyl (C=O) groups is 1. The highest BCUT2D eigenvalue weighted by molar-refractivity contribution is 6.31. The van der Waals surface area contributed by atoms with Crippen molar-refractivity contribution in [2.45, 2.75) is 25.9 Å². The third-order valence-corrected chi connectivity index (χ3v) is 4.40. The molecule has 6 nitrogen and oxygen atoms in total. The van der Waals surface area contributed by atoms with Crippen LogP contribution in [0, 0.1) is 6.92 Å². The minimum atomic E-state index is -0.362. The van der Waals surface area contributed by atoms with Gasteiger partial charge in [-0.05, 0) is 43.5 Å². The number of hydrogen-bond acceptors (Lipinski definition) is 5. The monoisotopic (exact) mass is 361 g/mol. The van der Waals surface area contributed by atoms with Crippen LogP contribution in [-0.2, 0) is 9.53 Å². The summed E-state index contributed by atoms with van der Waals surface area (Å²) in [5.41, 5.74) is 2.34. The first-order valence-electron chi connectivity index (χ1n) is 8.06. The second-order valence-corrected chi connectivity index (χ2v) is 6.26. The molecule has 25 heavy (non-hydrogen) atoms. The van der Waals surface area contributed by atoms with Gasteiger partial charge < -0.3 is 20.1 Å². The largest absolute Gasteiger partial charge is 0.495 e. The van der Waals surface area contributed by atoms with Crippen LogP contribution in [0.2, 0.25) is 5.02 Å². The second-order valence-electron chi connectivity index (χ2n) is 5.85. The summed E-state index contributed by atoms with van der Waals surface area (Å²) in [5, 5.41) is 6.65. The van der Waals surface area contributed by atoms with Crippen molar-refractivity contribution in [1.29, 1.82) is 0 Å². The number of carbonyl (C=O) groups excluding carboxylic acids is 1. The molecule has 2 aromatic rings. The van der Waals surface area contributed by atoms with E-state index in [4.69, 9.17) is 21.1 Å². The summed E-state index contributed by atoms with van der Waals surface area (Å²) in [5.74, 6) is 1.14. The van der Waals surface area contributed by atoms with Crippen molar-refractivity contribution in [3.05, 3.63) is 41.0 Å². The molecule has 1 saturated heterocycles.